The average molecular weight is 256 g/mol. The van der Waals surface area contributed by atoms with Crippen LogP contribution in [0, 0.1) is 18.3 Å². The largest absolute Gasteiger partial charge is 0.480 e. The molecule has 2 amide bonds. The number of nitrogens with zero attached hydrogens (tertiary/aromatic N) is 1. The lowest BCUT2D eigenvalue weighted by atomic mass is 10.1. The maximum Gasteiger partial charge on any atom is 0.323 e. The van der Waals surface area contributed by atoms with E-state index in [4.69, 9.17) is 16.3 Å². The maximum absolute atomic E-state index is 11.9. The Morgan fingerprint density at radius 1 is 1.50 bits per heavy atom. The van der Waals surface area contributed by atoms with E-state index in [2.05, 4.69) is 11.2 Å². The topological polar surface area (TPSA) is 78.9 Å². The van der Waals surface area contributed by atoms with E-state index in [1.807, 2.05) is 13.8 Å². The average Bonchev–Trinajstić information content (AvgIpc) is 2.27. The molecular formula is C12H20N2O4. The van der Waals surface area contributed by atoms with Crippen LogP contribution in [0.5, 0.6) is 0 Å². The number of amides is 2. The second-order valence-corrected chi connectivity index (χ2v) is 4.21. The van der Waals surface area contributed by atoms with Gasteiger partial charge in [0.25, 0.3) is 0 Å². The first kappa shape index (κ1) is 16.3. The molecule has 1 atom stereocenters. The van der Waals surface area contributed by atoms with Gasteiger partial charge in [-0.15, -0.1) is 6.42 Å². The lowest BCUT2D eigenvalue weighted by Gasteiger charge is -2.25. The number of hydrogen-bond donors (Lipinski definition) is 2. The van der Waals surface area contributed by atoms with Crippen molar-refractivity contribution in [2.24, 2.45) is 5.92 Å². The van der Waals surface area contributed by atoms with Gasteiger partial charge in [0.2, 0.25) is 0 Å². The second-order valence-electron chi connectivity index (χ2n) is 4.21. The van der Waals surface area contributed by atoms with Crippen molar-refractivity contribution < 1.29 is 19.4 Å². The number of terminal acetylenes is 1. The lowest BCUT2D eigenvalue weighted by molar-refractivity contribution is -0.137. The molecule has 0 saturated heterocycles. The number of carbonyl (C=O) groups excluding carboxylic acids is 1. The van der Waals surface area contributed by atoms with Crippen LogP contribution in [0.15, 0.2) is 0 Å². The van der Waals surface area contributed by atoms with Crippen LogP contribution in [0.1, 0.15) is 13.8 Å². The van der Waals surface area contributed by atoms with Crippen LogP contribution in [0.4, 0.5) is 4.79 Å². The van der Waals surface area contributed by atoms with E-state index in [-0.39, 0.29) is 18.5 Å². The molecule has 2 N–H and O–H groups in total. The van der Waals surface area contributed by atoms with E-state index >= 15 is 0 Å². The number of hydrogen-bond acceptors (Lipinski definition) is 3. The van der Waals surface area contributed by atoms with Crippen LogP contribution in [0.2, 0.25) is 0 Å². The van der Waals surface area contributed by atoms with E-state index in [0.717, 1.165) is 4.90 Å². The maximum atomic E-state index is 11.9. The summed E-state index contributed by atoms with van der Waals surface area (Å²) >= 11 is 0. The minimum Gasteiger partial charge on any atom is -0.480 e. The second kappa shape index (κ2) is 8.37. The molecule has 6 heteroatoms. The van der Waals surface area contributed by atoms with Crippen molar-refractivity contribution in [3.8, 4) is 12.3 Å². The molecule has 0 aromatic carbocycles. The Kier molecular flexibility index (Phi) is 7.56. The molecule has 0 bridgehead atoms. The van der Waals surface area contributed by atoms with Gasteiger partial charge >= 0.3 is 12.0 Å². The van der Waals surface area contributed by atoms with Gasteiger partial charge in [0.15, 0.2) is 0 Å². The third-order valence-electron chi connectivity index (χ3n) is 2.36. The van der Waals surface area contributed by atoms with Gasteiger partial charge in [0.05, 0.1) is 19.2 Å². The van der Waals surface area contributed by atoms with Gasteiger partial charge in [-0.25, -0.2) is 4.79 Å². The molecule has 0 aliphatic carbocycles. The molecule has 0 saturated carbocycles. The highest BCUT2D eigenvalue weighted by molar-refractivity contribution is 5.80. The fourth-order valence-corrected chi connectivity index (χ4v) is 1.30. The van der Waals surface area contributed by atoms with Crippen molar-refractivity contribution in [1.82, 2.24) is 10.2 Å². The quantitative estimate of drug-likeness (QED) is 0.646. The Morgan fingerprint density at radius 3 is 2.50 bits per heavy atom. The summed E-state index contributed by atoms with van der Waals surface area (Å²) in [6, 6.07) is -0.678. The summed E-state index contributed by atoms with van der Waals surface area (Å²) in [5.41, 5.74) is 0. The van der Waals surface area contributed by atoms with Crippen molar-refractivity contribution in [2.45, 2.75) is 19.9 Å². The van der Waals surface area contributed by atoms with Crippen LogP contribution in [-0.4, -0.2) is 54.9 Å². The van der Waals surface area contributed by atoms with Gasteiger partial charge in [-0.05, 0) is 5.92 Å². The lowest BCUT2D eigenvalue weighted by Crippen LogP contribution is -2.49. The smallest absolute Gasteiger partial charge is 0.323 e. The Labute approximate surface area is 107 Å². The van der Waals surface area contributed by atoms with Gasteiger partial charge in [-0.3, -0.25) is 4.79 Å². The summed E-state index contributed by atoms with van der Waals surface area (Å²) < 4.78 is 5.00. The highest BCUT2D eigenvalue weighted by Gasteiger charge is 2.21. The fourth-order valence-electron chi connectivity index (χ4n) is 1.30. The molecule has 0 fully saturated rings. The minimum atomic E-state index is -1.10. The molecule has 18 heavy (non-hydrogen) atoms. The normalized spacial score (nSPS) is 11.7. The Bertz CT molecular complexity index is 323. The van der Waals surface area contributed by atoms with E-state index in [1.54, 1.807) is 0 Å². The molecular weight excluding hydrogens is 236 g/mol. The van der Waals surface area contributed by atoms with Crippen LogP contribution < -0.4 is 5.32 Å². The van der Waals surface area contributed by atoms with E-state index in [9.17, 15) is 9.59 Å². The van der Waals surface area contributed by atoms with Crippen LogP contribution in [0.3, 0.4) is 0 Å². The third kappa shape index (κ3) is 6.11. The van der Waals surface area contributed by atoms with E-state index < -0.39 is 18.5 Å². The predicted molar refractivity (Wildman–Crippen MR) is 67.1 cm³/mol. The van der Waals surface area contributed by atoms with Gasteiger partial charge in [0.1, 0.15) is 6.54 Å². The van der Waals surface area contributed by atoms with Crippen molar-refractivity contribution in [3.63, 3.8) is 0 Å². The summed E-state index contributed by atoms with van der Waals surface area (Å²) in [5, 5.41) is 11.4. The number of aliphatic carboxylic acids is 1. The molecule has 1 unspecified atom stereocenters. The van der Waals surface area contributed by atoms with Crippen LogP contribution in [-0.2, 0) is 9.53 Å². The molecule has 6 nitrogen and oxygen atoms in total. The Hall–Kier alpha value is -1.74. The number of methoxy groups -OCH3 is 1. The highest BCUT2D eigenvalue weighted by atomic mass is 16.5. The van der Waals surface area contributed by atoms with Crippen LogP contribution in [0.25, 0.3) is 0 Å². The number of carboxylic acids is 1. The fraction of sp³-hybridized carbons (Fsp3) is 0.667. The first-order valence-corrected chi connectivity index (χ1v) is 5.62. The highest BCUT2D eigenvalue weighted by Crippen LogP contribution is 2.03. The number of ether oxygens (including phenoxy) is 1. The van der Waals surface area contributed by atoms with Crippen molar-refractivity contribution in [3.05, 3.63) is 0 Å². The number of nitrogens with one attached hydrogen (secondary N) is 1. The summed E-state index contributed by atoms with van der Waals surface area (Å²) in [4.78, 5) is 23.5. The summed E-state index contributed by atoms with van der Waals surface area (Å²) in [5.74, 6) is 1.33. The van der Waals surface area contributed by atoms with Gasteiger partial charge in [-0.1, -0.05) is 19.8 Å². The number of carboxylic acid groups (broad SMARTS) is 1. The summed E-state index contributed by atoms with van der Waals surface area (Å²) in [7, 11) is 1.54. The molecule has 0 radical (unpaired) electrons. The van der Waals surface area contributed by atoms with Crippen molar-refractivity contribution in [1.29, 1.82) is 0 Å². The standard InChI is InChI=1S/C12H20N2O4/c1-5-6-14(7-11(15)16)12(17)13-10(8-18-4)9(2)3/h1,9-10H,6-8H2,2-4H3,(H,13,17)(H,15,16). The molecule has 0 aliphatic heterocycles. The monoisotopic (exact) mass is 256 g/mol. The minimum absolute atomic E-state index is 0.0457. The van der Waals surface area contributed by atoms with Gasteiger partial charge < -0.3 is 20.1 Å². The molecule has 0 aliphatic rings. The van der Waals surface area contributed by atoms with Gasteiger partial charge in [-0.2, -0.15) is 0 Å². The molecule has 0 spiro atoms. The molecule has 0 rings (SSSR count). The summed E-state index contributed by atoms with van der Waals surface area (Å²) in [6.45, 7) is 3.77. The Morgan fingerprint density at radius 2 is 2.11 bits per heavy atom. The number of urea groups is 1. The molecule has 0 aromatic heterocycles. The van der Waals surface area contributed by atoms with Crippen LogP contribution >= 0.6 is 0 Å². The third-order valence-corrected chi connectivity index (χ3v) is 2.36. The van der Waals surface area contributed by atoms with E-state index in [1.165, 1.54) is 7.11 Å². The summed E-state index contributed by atoms with van der Waals surface area (Å²) in [6.07, 6.45) is 5.10. The Balaban J connectivity index is 4.56. The van der Waals surface area contributed by atoms with E-state index in [0.29, 0.717) is 6.61 Å². The zero-order valence-electron chi connectivity index (χ0n) is 11.0. The predicted octanol–water partition coefficient (Wildman–Crippen LogP) is 0.387. The first-order chi connectivity index (χ1) is 8.42. The van der Waals surface area contributed by atoms with Crippen molar-refractivity contribution >= 4 is 12.0 Å². The van der Waals surface area contributed by atoms with Crippen molar-refractivity contribution in [2.75, 3.05) is 26.8 Å². The number of carbonyl (C=O) groups is 2. The number of rotatable bonds is 7. The first-order valence-electron chi connectivity index (χ1n) is 5.62. The zero-order valence-corrected chi connectivity index (χ0v) is 11.0. The molecule has 102 valence electrons. The SMILES string of the molecule is C#CCN(CC(=O)O)C(=O)NC(COC)C(C)C. The van der Waals surface area contributed by atoms with Gasteiger partial charge in [0, 0.05) is 7.11 Å². The molecule has 0 aromatic rings. The molecule has 0 heterocycles. The zero-order chi connectivity index (χ0) is 14.1.